The molecule has 0 aliphatic carbocycles. The Morgan fingerprint density at radius 2 is 2.39 bits per heavy atom. The van der Waals surface area contributed by atoms with E-state index in [-0.39, 0.29) is 18.2 Å². The van der Waals surface area contributed by atoms with Crippen LogP contribution in [0.4, 0.5) is 11.4 Å². The molecule has 1 heterocycles. The monoisotopic (exact) mass is 247 g/mol. The van der Waals surface area contributed by atoms with Gasteiger partial charge in [0.05, 0.1) is 16.2 Å². The lowest BCUT2D eigenvalue weighted by atomic mass is 10.1. The number of non-ortho nitro benzene ring substituents is 1. The molecule has 1 aromatic carbocycles. The molecule has 6 nitrogen and oxygen atoms in total. The van der Waals surface area contributed by atoms with Gasteiger partial charge in [0.25, 0.3) is 5.69 Å². The summed E-state index contributed by atoms with van der Waals surface area (Å²) in [6.07, 6.45) is 0.873. The number of benzene rings is 1. The van der Waals surface area contributed by atoms with Crippen LogP contribution in [0.25, 0.3) is 0 Å². The number of nitrogens with zero attached hydrogens (tertiary/aromatic N) is 3. The van der Waals surface area contributed by atoms with Crippen molar-refractivity contribution in [2.24, 2.45) is 5.92 Å². The minimum atomic E-state index is -0.509. The summed E-state index contributed by atoms with van der Waals surface area (Å²) in [6.45, 7) is 1.58. The van der Waals surface area contributed by atoms with E-state index in [2.05, 4.69) is 0 Å². The van der Waals surface area contributed by atoms with Crippen LogP contribution in [0.3, 0.4) is 0 Å². The number of nitro groups is 1. The van der Waals surface area contributed by atoms with Crippen LogP contribution in [-0.2, 0) is 0 Å². The normalized spacial score (nSPS) is 18.7. The standard InChI is InChI=1S/C12H13N3O3/c13-6-10-5-11(15(17)18)1-2-12(10)14-4-3-9(7-14)8-16/h1-2,5,9,16H,3-4,7-8H2. The topological polar surface area (TPSA) is 90.4 Å². The smallest absolute Gasteiger partial charge is 0.270 e. The lowest BCUT2D eigenvalue weighted by Crippen LogP contribution is -2.21. The number of nitriles is 1. The van der Waals surface area contributed by atoms with E-state index in [9.17, 15) is 10.1 Å². The minimum Gasteiger partial charge on any atom is -0.396 e. The highest BCUT2D eigenvalue weighted by Gasteiger charge is 2.24. The number of aliphatic hydroxyl groups excluding tert-OH is 1. The minimum absolute atomic E-state index is 0.0757. The van der Waals surface area contributed by atoms with Crippen molar-refractivity contribution >= 4 is 11.4 Å². The molecule has 1 saturated heterocycles. The van der Waals surface area contributed by atoms with Gasteiger partial charge in [-0.25, -0.2) is 0 Å². The molecule has 0 amide bonds. The predicted octanol–water partition coefficient (Wildman–Crippen LogP) is 1.29. The molecule has 0 bridgehead atoms. The SMILES string of the molecule is N#Cc1cc([N+](=O)[O-])ccc1N1CCC(CO)C1. The van der Waals surface area contributed by atoms with Gasteiger partial charge in [0.15, 0.2) is 0 Å². The van der Waals surface area contributed by atoms with Crippen LogP contribution in [-0.4, -0.2) is 29.7 Å². The molecule has 1 aromatic rings. The maximum Gasteiger partial charge on any atom is 0.270 e. The lowest BCUT2D eigenvalue weighted by molar-refractivity contribution is -0.384. The van der Waals surface area contributed by atoms with Crippen molar-refractivity contribution in [3.63, 3.8) is 0 Å². The Kier molecular flexibility index (Phi) is 3.44. The first kappa shape index (κ1) is 12.3. The van der Waals surface area contributed by atoms with Gasteiger partial charge >= 0.3 is 0 Å². The summed E-state index contributed by atoms with van der Waals surface area (Å²) in [5, 5.41) is 28.8. The van der Waals surface area contributed by atoms with Crippen molar-refractivity contribution in [2.45, 2.75) is 6.42 Å². The second-order valence-electron chi connectivity index (χ2n) is 4.35. The Morgan fingerprint density at radius 1 is 1.61 bits per heavy atom. The summed E-state index contributed by atoms with van der Waals surface area (Å²) in [4.78, 5) is 12.1. The van der Waals surface area contributed by atoms with Crippen molar-refractivity contribution < 1.29 is 10.0 Å². The van der Waals surface area contributed by atoms with Gasteiger partial charge in [-0.1, -0.05) is 0 Å². The summed E-state index contributed by atoms with van der Waals surface area (Å²) in [5.41, 5.74) is 0.940. The predicted molar refractivity (Wildman–Crippen MR) is 65.2 cm³/mol. The van der Waals surface area contributed by atoms with Gasteiger partial charge in [-0.05, 0) is 12.5 Å². The Bertz CT molecular complexity index is 510. The highest BCUT2D eigenvalue weighted by molar-refractivity contribution is 5.63. The molecule has 1 fully saturated rings. The zero-order valence-corrected chi connectivity index (χ0v) is 9.74. The van der Waals surface area contributed by atoms with E-state index in [1.165, 1.54) is 12.1 Å². The summed E-state index contributed by atoms with van der Waals surface area (Å²) < 4.78 is 0. The Labute approximate surface area is 104 Å². The van der Waals surface area contributed by atoms with Crippen LogP contribution >= 0.6 is 0 Å². The number of aliphatic hydroxyl groups is 1. The Morgan fingerprint density at radius 3 is 2.94 bits per heavy atom. The number of hydrogen-bond acceptors (Lipinski definition) is 5. The van der Waals surface area contributed by atoms with Gasteiger partial charge in [0.1, 0.15) is 6.07 Å². The number of rotatable bonds is 3. The summed E-state index contributed by atoms with van der Waals surface area (Å²) in [5.74, 6) is 0.215. The van der Waals surface area contributed by atoms with Crippen LogP contribution < -0.4 is 4.90 Å². The van der Waals surface area contributed by atoms with Crippen molar-refractivity contribution in [3.05, 3.63) is 33.9 Å². The number of anilines is 1. The average molecular weight is 247 g/mol. The molecular weight excluding hydrogens is 234 g/mol. The molecule has 94 valence electrons. The second kappa shape index (κ2) is 5.02. The van der Waals surface area contributed by atoms with Crippen molar-refractivity contribution in [1.29, 1.82) is 5.26 Å². The van der Waals surface area contributed by atoms with E-state index in [1.807, 2.05) is 11.0 Å². The van der Waals surface area contributed by atoms with Gasteiger partial charge in [-0.2, -0.15) is 5.26 Å². The molecule has 18 heavy (non-hydrogen) atoms. The fraction of sp³-hybridized carbons (Fsp3) is 0.417. The van der Waals surface area contributed by atoms with E-state index < -0.39 is 4.92 Å². The van der Waals surface area contributed by atoms with E-state index in [4.69, 9.17) is 10.4 Å². The van der Waals surface area contributed by atoms with Crippen LogP contribution in [0.2, 0.25) is 0 Å². The fourth-order valence-electron chi connectivity index (χ4n) is 2.20. The largest absolute Gasteiger partial charge is 0.396 e. The van der Waals surface area contributed by atoms with Crippen LogP contribution in [0.5, 0.6) is 0 Å². The quantitative estimate of drug-likeness (QED) is 0.642. The molecule has 0 radical (unpaired) electrons. The van der Waals surface area contributed by atoms with Gasteiger partial charge in [-0.15, -0.1) is 0 Å². The van der Waals surface area contributed by atoms with Crippen molar-refractivity contribution in [2.75, 3.05) is 24.6 Å². The van der Waals surface area contributed by atoms with Crippen molar-refractivity contribution in [1.82, 2.24) is 0 Å². The van der Waals surface area contributed by atoms with E-state index in [0.29, 0.717) is 17.8 Å². The lowest BCUT2D eigenvalue weighted by Gasteiger charge is -2.19. The van der Waals surface area contributed by atoms with Gasteiger partial charge in [0, 0.05) is 37.7 Å². The maximum atomic E-state index is 10.6. The Hall–Kier alpha value is -2.13. The van der Waals surface area contributed by atoms with Crippen LogP contribution in [0.1, 0.15) is 12.0 Å². The maximum absolute atomic E-state index is 10.6. The van der Waals surface area contributed by atoms with Gasteiger partial charge in [0.2, 0.25) is 0 Å². The molecule has 0 aromatic heterocycles. The summed E-state index contributed by atoms with van der Waals surface area (Å²) in [7, 11) is 0. The molecule has 1 atom stereocenters. The van der Waals surface area contributed by atoms with E-state index in [1.54, 1.807) is 6.07 Å². The second-order valence-corrected chi connectivity index (χ2v) is 4.35. The van der Waals surface area contributed by atoms with Crippen molar-refractivity contribution in [3.8, 4) is 6.07 Å². The summed E-state index contributed by atoms with van der Waals surface area (Å²) in [6, 6.07) is 6.30. The molecular formula is C12H13N3O3. The highest BCUT2D eigenvalue weighted by Crippen LogP contribution is 2.29. The first-order chi connectivity index (χ1) is 8.65. The third-order valence-corrected chi connectivity index (χ3v) is 3.20. The van der Waals surface area contributed by atoms with Gasteiger partial charge < -0.3 is 10.0 Å². The molecule has 2 rings (SSSR count). The number of hydrogen-bond donors (Lipinski definition) is 1. The average Bonchev–Trinajstić information content (AvgIpc) is 2.86. The summed E-state index contributed by atoms with van der Waals surface area (Å²) >= 11 is 0. The number of nitro benzene ring substituents is 1. The third-order valence-electron chi connectivity index (χ3n) is 3.20. The van der Waals surface area contributed by atoms with E-state index >= 15 is 0 Å². The first-order valence-electron chi connectivity index (χ1n) is 5.70. The molecule has 0 spiro atoms. The zero-order chi connectivity index (χ0) is 13.1. The molecule has 1 aliphatic heterocycles. The molecule has 1 aliphatic rings. The molecule has 0 saturated carbocycles. The molecule has 1 unspecified atom stereocenters. The van der Waals surface area contributed by atoms with E-state index in [0.717, 1.165) is 13.0 Å². The fourth-order valence-corrected chi connectivity index (χ4v) is 2.20. The highest BCUT2D eigenvalue weighted by atomic mass is 16.6. The molecule has 6 heteroatoms. The first-order valence-corrected chi connectivity index (χ1v) is 5.70. The molecule has 1 N–H and O–H groups in total. The van der Waals surface area contributed by atoms with Crippen LogP contribution in [0.15, 0.2) is 18.2 Å². The Balaban J connectivity index is 2.29. The van der Waals surface area contributed by atoms with Crippen LogP contribution in [0, 0.1) is 27.4 Å². The third kappa shape index (κ3) is 2.26. The van der Waals surface area contributed by atoms with Gasteiger partial charge in [-0.3, -0.25) is 10.1 Å². The zero-order valence-electron chi connectivity index (χ0n) is 9.74.